The zero-order chi connectivity index (χ0) is 17.8. The molecule has 2 aromatic carbocycles. The average molecular weight is 375 g/mol. The first-order valence-electron chi connectivity index (χ1n) is 8.08. The maximum absolute atomic E-state index is 12.2. The van der Waals surface area contributed by atoms with E-state index in [4.69, 9.17) is 16.3 Å². The molecule has 0 saturated heterocycles. The smallest absolute Gasteiger partial charge is 0.329 e. The minimum absolute atomic E-state index is 0.139. The third-order valence-corrected chi connectivity index (χ3v) is 4.66. The van der Waals surface area contributed by atoms with Crippen molar-refractivity contribution in [2.75, 3.05) is 6.61 Å². The van der Waals surface area contributed by atoms with Gasteiger partial charge in [-0.1, -0.05) is 61.1 Å². The van der Waals surface area contributed by atoms with E-state index in [1.54, 1.807) is 12.1 Å². The summed E-state index contributed by atoms with van der Waals surface area (Å²) in [7, 11) is 0. The van der Waals surface area contributed by atoms with Crippen LogP contribution in [-0.2, 0) is 6.42 Å². The second-order valence-corrected chi connectivity index (χ2v) is 7.58. The second kappa shape index (κ2) is 7.85. The zero-order valence-corrected chi connectivity index (χ0v) is 15.7. The van der Waals surface area contributed by atoms with E-state index in [0.29, 0.717) is 29.7 Å². The fraction of sp³-hybridized carbons (Fsp3) is 0.263. The molecule has 0 aliphatic rings. The summed E-state index contributed by atoms with van der Waals surface area (Å²) in [6, 6.07) is 15.1. The van der Waals surface area contributed by atoms with Gasteiger partial charge in [0.1, 0.15) is 10.8 Å². The lowest BCUT2D eigenvalue weighted by atomic mass is 10.1. The molecule has 0 radical (unpaired) electrons. The summed E-state index contributed by atoms with van der Waals surface area (Å²) in [4.78, 5) is 12.1. The Hall–Kier alpha value is -2.11. The standard InChI is InChI=1S/C19H19ClN2O2S/c1-13(2)12-24-15-9-7-14(8-10-15)11-18-21-22(19(23)25-18)17-6-4-3-5-16(17)20/h3-10,13H,11-12H2,1-2H3. The van der Waals surface area contributed by atoms with Crippen molar-refractivity contribution in [3.05, 3.63) is 73.8 Å². The average Bonchev–Trinajstić information content (AvgIpc) is 2.95. The Balaban J connectivity index is 1.75. The molecule has 0 bridgehead atoms. The Labute approximate surface area is 155 Å². The number of aromatic nitrogens is 2. The van der Waals surface area contributed by atoms with E-state index in [1.165, 1.54) is 4.68 Å². The number of hydrogen-bond acceptors (Lipinski definition) is 4. The molecule has 3 aromatic rings. The number of halogens is 1. The van der Waals surface area contributed by atoms with Crippen LogP contribution in [0.4, 0.5) is 0 Å². The molecule has 6 heteroatoms. The van der Waals surface area contributed by atoms with Gasteiger partial charge in [0.25, 0.3) is 0 Å². The molecule has 0 fully saturated rings. The van der Waals surface area contributed by atoms with Crippen molar-refractivity contribution < 1.29 is 4.74 Å². The molecular weight excluding hydrogens is 356 g/mol. The normalized spacial score (nSPS) is 11.0. The van der Waals surface area contributed by atoms with Gasteiger partial charge < -0.3 is 4.74 Å². The quantitative estimate of drug-likeness (QED) is 0.634. The Morgan fingerprint density at radius 3 is 2.56 bits per heavy atom. The van der Waals surface area contributed by atoms with Crippen molar-refractivity contribution in [2.45, 2.75) is 20.3 Å². The molecule has 3 rings (SSSR count). The molecule has 4 nitrogen and oxygen atoms in total. The summed E-state index contributed by atoms with van der Waals surface area (Å²) < 4.78 is 7.05. The Kier molecular flexibility index (Phi) is 5.56. The first-order valence-corrected chi connectivity index (χ1v) is 9.28. The molecule has 0 N–H and O–H groups in total. The van der Waals surface area contributed by atoms with Crippen LogP contribution in [0.3, 0.4) is 0 Å². The summed E-state index contributed by atoms with van der Waals surface area (Å²) >= 11 is 7.30. The van der Waals surface area contributed by atoms with Crippen LogP contribution in [0.1, 0.15) is 24.4 Å². The molecule has 0 aliphatic carbocycles. The monoisotopic (exact) mass is 374 g/mol. The minimum Gasteiger partial charge on any atom is -0.493 e. The van der Waals surface area contributed by atoms with E-state index in [-0.39, 0.29) is 4.87 Å². The highest BCUT2D eigenvalue weighted by atomic mass is 35.5. The lowest BCUT2D eigenvalue weighted by molar-refractivity contribution is 0.271. The van der Waals surface area contributed by atoms with E-state index in [1.807, 2.05) is 36.4 Å². The molecule has 1 heterocycles. The van der Waals surface area contributed by atoms with Gasteiger partial charge in [-0.05, 0) is 35.7 Å². The van der Waals surface area contributed by atoms with Gasteiger partial charge in [0, 0.05) is 6.42 Å². The fourth-order valence-corrected chi connectivity index (χ4v) is 3.31. The number of ether oxygens (including phenoxy) is 1. The highest BCUT2D eigenvalue weighted by molar-refractivity contribution is 7.08. The van der Waals surface area contributed by atoms with E-state index in [9.17, 15) is 4.79 Å². The van der Waals surface area contributed by atoms with Gasteiger partial charge in [-0.2, -0.15) is 9.78 Å². The van der Waals surface area contributed by atoms with Crippen LogP contribution in [-0.4, -0.2) is 16.4 Å². The summed E-state index contributed by atoms with van der Waals surface area (Å²) in [6.45, 7) is 4.93. The first kappa shape index (κ1) is 17.7. The summed E-state index contributed by atoms with van der Waals surface area (Å²) in [6.07, 6.45) is 0.599. The van der Waals surface area contributed by atoms with Crippen LogP contribution in [0, 0.1) is 5.92 Å². The number of rotatable bonds is 6. The van der Waals surface area contributed by atoms with Gasteiger partial charge in [0.2, 0.25) is 0 Å². The SMILES string of the molecule is CC(C)COc1ccc(Cc2nn(-c3ccccc3Cl)c(=O)s2)cc1. The summed E-state index contributed by atoms with van der Waals surface area (Å²) in [5.74, 6) is 1.35. The van der Waals surface area contributed by atoms with E-state index < -0.39 is 0 Å². The first-order chi connectivity index (χ1) is 12.0. The number of hydrogen-bond donors (Lipinski definition) is 0. The van der Waals surface area contributed by atoms with Crippen LogP contribution in [0.5, 0.6) is 5.75 Å². The summed E-state index contributed by atoms with van der Waals surface area (Å²) in [5.41, 5.74) is 1.69. The molecule has 0 amide bonds. The lowest BCUT2D eigenvalue weighted by Gasteiger charge is -2.08. The van der Waals surface area contributed by atoms with Gasteiger partial charge in [0.05, 0.1) is 17.3 Å². The predicted octanol–water partition coefficient (Wildman–Crippen LogP) is 4.57. The molecule has 0 unspecified atom stereocenters. The Bertz CT molecular complexity index is 900. The van der Waals surface area contributed by atoms with Crippen LogP contribution in [0.15, 0.2) is 53.3 Å². The Morgan fingerprint density at radius 2 is 1.88 bits per heavy atom. The number of nitrogens with zero attached hydrogens (tertiary/aromatic N) is 2. The fourth-order valence-electron chi connectivity index (χ4n) is 2.30. The van der Waals surface area contributed by atoms with Crippen LogP contribution >= 0.6 is 22.9 Å². The third-order valence-electron chi connectivity index (χ3n) is 3.53. The van der Waals surface area contributed by atoms with Crippen molar-refractivity contribution in [3.8, 4) is 11.4 Å². The van der Waals surface area contributed by atoms with E-state index in [0.717, 1.165) is 27.7 Å². The van der Waals surface area contributed by atoms with Crippen LogP contribution in [0.2, 0.25) is 5.02 Å². The highest BCUT2D eigenvalue weighted by Gasteiger charge is 2.11. The van der Waals surface area contributed by atoms with Gasteiger partial charge in [-0.15, -0.1) is 0 Å². The minimum atomic E-state index is -0.139. The van der Waals surface area contributed by atoms with Gasteiger partial charge in [-0.3, -0.25) is 4.79 Å². The van der Waals surface area contributed by atoms with Gasteiger partial charge in [-0.25, -0.2) is 0 Å². The topological polar surface area (TPSA) is 44.1 Å². The van der Waals surface area contributed by atoms with Crippen molar-refractivity contribution in [2.24, 2.45) is 5.92 Å². The largest absolute Gasteiger partial charge is 0.493 e. The number of para-hydroxylation sites is 1. The molecule has 25 heavy (non-hydrogen) atoms. The summed E-state index contributed by atoms with van der Waals surface area (Å²) in [5, 5.41) is 5.68. The molecule has 0 aliphatic heterocycles. The van der Waals surface area contributed by atoms with E-state index >= 15 is 0 Å². The van der Waals surface area contributed by atoms with Crippen molar-refractivity contribution >= 4 is 22.9 Å². The Morgan fingerprint density at radius 1 is 1.16 bits per heavy atom. The zero-order valence-electron chi connectivity index (χ0n) is 14.1. The van der Waals surface area contributed by atoms with Crippen molar-refractivity contribution in [1.82, 2.24) is 9.78 Å². The molecule has 0 saturated carbocycles. The van der Waals surface area contributed by atoms with Crippen LogP contribution < -0.4 is 9.61 Å². The molecule has 0 spiro atoms. The molecule has 130 valence electrons. The second-order valence-electron chi connectivity index (χ2n) is 6.15. The molecule has 1 aromatic heterocycles. The van der Waals surface area contributed by atoms with Crippen LogP contribution in [0.25, 0.3) is 5.69 Å². The van der Waals surface area contributed by atoms with Crippen molar-refractivity contribution in [1.29, 1.82) is 0 Å². The van der Waals surface area contributed by atoms with Gasteiger partial charge >= 0.3 is 4.87 Å². The number of benzene rings is 2. The lowest BCUT2D eigenvalue weighted by Crippen LogP contribution is -2.12. The van der Waals surface area contributed by atoms with Crippen molar-refractivity contribution in [3.63, 3.8) is 0 Å². The maximum atomic E-state index is 12.2. The molecular formula is C19H19ClN2O2S. The predicted molar refractivity (Wildman–Crippen MR) is 102 cm³/mol. The van der Waals surface area contributed by atoms with Gasteiger partial charge in [0.15, 0.2) is 0 Å². The van der Waals surface area contributed by atoms with E-state index in [2.05, 4.69) is 18.9 Å². The highest BCUT2D eigenvalue weighted by Crippen LogP contribution is 2.20. The maximum Gasteiger partial charge on any atom is 0.329 e. The molecule has 0 atom stereocenters. The third kappa shape index (κ3) is 4.50.